The minimum Gasteiger partial charge on any atom is -0.229 e. The molecule has 9 heteroatoms. The van der Waals surface area contributed by atoms with E-state index in [1.165, 1.54) is 4.31 Å². The van der Waals surface area contributed by atoms with Gasteiger partial charge in [-0.05, 0) is 40.9 Å². The molecular formula is C11H16BrNO4S3. The maximum Gasteiger partial charge on any atom is 0.252 e. The maximum atomic E-state index is 12.6. The summed E-state index contributed by atoms with van der Waals surface area (Å²) in [4.78, 5) is 0. The van der Waals surface area contributed by atoms with Crippen molar-refractivity contribution in [2.24, 2.45) is 0 Å². The second kappa shape index (κ2) is 5.68. The van der Waals surface area contributed by atoms with E-state index in [1.54, 1.807) is 13.0 Å². The summed E-state index contributed by atoms with van der Waals surface area (Å²) in [6, 6.07) is 1.17. The summed E-state index contributed by atoms with van der Waals surface area (Å²) in [5.41, 5.74) is 0.865. The first kappa shape index (κ1) is 16.4. The molecule has 1 fully saturated rings. The molecule has 20 heavy (non-hydrogen) atoms. The van der Waals surface area contributed by atoms with Crippen LogP contribution < -0.4 is 0 Å². The lowest BCUT2D eigenvalue weighted by molar-refractivity contribution is 0.355. The van der Waals surface area contributed by atoms with Gasteiger partial charge in [-0.3, -0.25) is 0 Å². The van der Waals surface area contributed by atoms with Crippen molar-refractivity contribution in [1.29, 1.82) is 0 Å². The van der Waals surface area contributed by atoms with E-state index in [9.17, 15) is 16.8 Å². The Labute approximate surface area is 132 Å². The molecule has 114 valence electrons. The van der Waals surface area contributed by atoms with Crippen LogP contribution >= 0.6 is 27.3 Å². The van der Waals surface area contributed by atoms with Crippen molar-refractivity contribution in [3.8, 4) is 0 Å². The molecule has 0 spiro atoms. The molecule has 0 aliphatic carbocycles. The lowest BCUT2D eigenvalue weighted by Gasteiger charge is -2.25. The van der Waals surface area contributed by atoms with Gasteiger partial charge < -0.3 is 0 Å². The number of rotatable bonds is 4. The van der Waals surface area contributed by atoms with E-state index in [-0.39, 0.29) is 22.3 Å². The number of thiophene rings is 1. The first-order chi connectivity index (χ1) is 9.17. The summed E-state index contributed by atoms with van der Waals surface area (Å²) in [5.74, 6) is -0.0115. The predicted molar refractivity (Wildman–Crippen MR) is 83.4 cm³/mol. The SMILES string of the molecule is CCN(C1CCS(=O)(=O)C1)S(=O)(=O)c1cc(C)c(Br)s1. The summed E-state index contributed by atoms with van der Waals surface area (Å²) in [5, 5.41) is 0. The van der Waals surface area contributed by atoms with Gasteiger partial charge in [-0.2, -0.15) is 4.31 Å². The topological polar surface area (TPSA) is 71.5 Å². The Bertz CT molecular complexity index is 689. The van der Waals surface area contributed by atoms with Gasteiger partial charge in [-0.1, -0.05) is 6.92 Å². The van der Waals surface area contributed by atoms with Gasteiger partial charge in [0.25, 0.3) is 10.0 Å². The molecule has 0 bridgehead atoms. The van der Waals surface area contributed by atoms with E-state index in [4.69, 9.17) is 0 Å². The monoisotopic (exact) mass is 401 g/mol. The van der Waals surface area contributed by atoms with E-state index in [1.807, 2.05) is 6.92 Å². The highest BCUT2D eigenvalue weighted by molar-refractivity contribution is 9.11. The average molecular weight is 402 g/mol. The smallest absolute Gasteiger partial charge is 0.229 e. The number of sulfonamides is 1. The van der Waals surface area contributed by atoms with Crippen LogP contribution in [0.3, 0.4) is 0 Å². The Morgan fingerprint density at radius 2 is 2.15 bits per heavy atom. The van der Waals surface area contributed by atoms with Crippen LogP contribution in [0.5, 0.6) is 0 Å². The van der Waals surface area contributed by atoms with Crippen LogP contribution in [0.1, 0.15) is 18.9 Å². The molecule has 2 heterocycles. The van der Waals surface area contributed by atoms with Gasteiger partial charge >= 0.3 is 0 Å². The third-order valence-electron chi connectivity index (χ3n) is 3.32. The molecule has 1 aromatic heterocycles. The van der Waals surface area contributed by atoms with Crippen LogP contribution in [0.15, 0.2) is 14.1 Å². The largest absolute Gasteiger partial charge is 0.252 e. The Hall–Kier alpha value is 0.0400. The number of nitrogens with zero attached hydrogens (tertiary/aromatic N) is 1. The molecule has 1 saturated heterocycles. The lowest BCUT2D eigenvalue weighted by Crippen LogP contribution is -2.40. The van der Waals surface area contributed by atoms with Crippen molar-refractivity contribution >= 4 is 47.1 Å². The van der Waals surface area contributed by atoms with Crippen molar-refractivity contribution in [2.75, 3.05) is 18.1 Å². The fourth-order valence-electron chi connectivity index (χ4n) is 2.30. The Kier molecular flexibility index (Phi) is 4.66. The summed E-state index contributed by atoms with van der Waals surface area (Å²) < 4.78 is 50.8. The Morgan fingerprint density at radius 3 is 2.55 bits per heavy atom. The van der Waals surface area contributed by atoms with Crippen molar-refractivity contribution in [1.82, 2.24) is 4.31 Å². The Morgan fingerprint density at radius 1 is 1.50 bits per heavy atom. The number of aryl methyl sites for hydroxylation is 1. The van der Waals surface area contributed by atoms with Gasteiger partial charge in [0.2, 0.25) is 0 Å². The zero-order chi connectivity index (χ0) is 15.1. The highest BCUT2D eigenvalue weighted by atomic mass is 79.9. The molecule has 5 nitrogen and oxygen atoms in total. The highest BCUT2D eigenvalue weighted by Gasteiger charge is 2.38. The minimum atomic E-state index is -3.63. The molecule has 1 aliphatic rings. The van der Waals surface area contributed by atoms with Crippen LogP contribution in [-0.4, -0.2) is 45.2 Å². The maximum absolute atomic E-state index is 12.6. The first-order valence-electron chi connectivity index (χ1n) is 6.15. The zero-order valence-electron chi connectivity index (χ0n) is 11.2. The summed E-state index contributed by atoms with van der Waals surface area (Å²) in [6.45, 7) is 3.84. The molecule has 1 atom stereocenters. The molecule has 1 unspecified atom stereocenters. The molecule has 0 aromatic carbocycles. The average Bonchev–Trinajstić information content (AvgIpc) is 2.84. The quantitative estimate of drug-likeness (QED) is 0.773. The summed E-state index contributed by atoms with van der Waals surface area (Å²) in [6.07, 6.45) is 0.376. The van der Waals surface area contributed by atoms with Crippen LogP contribution in [0.2, 0.25) is 0 Å². The molecule has 0 N–H and O–H groups in total. The van der Waals surface area contributed by atoms with E-state index in [0.29, 0.717) is 6.42 Å². The molecular weight excluding hydrogens is 386 g/mol. The number of halogens is 1. The van der Waals surface area contributed by atoms with E-state index < -0.39 is 25.9 Å². The zero-order valence-corrected chi connectivity index (χ0v) is 15.2. The van der Waals surface area contributed by atoms with Gasteiger partial charge in [0.15, 0.2) is 9.84 Å². The lowest BCUT2D eigenvalue weighted by atomic mass is 10.3. The standard InChI is InChI=1S/C11H16BrNO4S3/c1-3-13(9-4-5-19(14,15)7-9)20(16,17)10-6-8(2)11(12)18-10/h6,9H,3-5,7H2,1-2H3. The normalized spacial score (nSPS) is 22.5. The minimum absolute atomic E-state index is 0.0663. The first-order valence-corrected chi connectivity index (χ1v) is 11.0. The fourth-order valence-corrected chi connectivity index (χ4v) is 8.15. The van der Waals surface area contributed by atoms with Gasteiger partial charge in [-0.15, -0.1) is 11.3 Å². The third-order valence-corrected chi connectivity index (χ3v) is 9.69. The predicted octanol–water partition coefficient (Wildman–Crippen LogP) is 2.02. The molecule has 0 radical (unpaired) electrons. The van der Waals surface area contributed by atoms with Gasteiger partial charge in [-0.25, -0.2) is 16.8 Å². The number of hydrogen-bond acceptors (Lipinski definition) is 5. The van der Waals surface area contributed by atoms with Crippen molar-refractivity contribution in [2.45, 2.75) is 30.5 Å². The van der Waals surface area contributed by atoms with Gasteiger partial charge in [0.05, 0.1) is 15.3 Å². The number of sulfone groups is 1. The van der Waals surface area contributed by atoms with Crippen molar-refractivity contribution in [3.05, 3.63) is 15.4 Å². The molecule has 0 saturated carbocycles. The molecule has 0 amide bonds. The highest BCUT2D eigenvalue weighted by Crippen LogP contribution is 2.34. The second-order valence-corrected chi connectivity index (χ2v) is 11.5. The Balaban J connectivity index is 2.36. The fraction of sp³-hybridized carbons (Fsp3) is 0.636. The van der Waals surface area contributed by atoms with Crippen LogP contribution in [0.4, 0.5) is 0 Å². The van der Waals surface area contributed by atoms with Crippen molar-refractivity contribution < 1.29 is 16.8 Å². The molecule has 1 aromatic rings. The van der Waals surface area contributed by atoms with Crippen LogP contribution in [0, 0.1) is 6.92 Å². The summed E-state index contributed by atoms with van der Waals surface area (Å²) in [7, 11) is -6.74. The van der Waals surface area contributed by atoms with E-state index in [2.05, 4.69) is 15.9 Å². The number of hydrogen-bond donors (Lipinski definition) is 0. The van der Waals surface area contributed by atoms with Gasteiger partial charge in [0.1, 0.15) is 4.21 Å². The van der Waals surface area contributed by atoms with E-state index in [0.717, 1.165) is 20.7 Å². The molecule has 1 aliphatic heterocycles. The summed E-state index contributed by atoms with van der Waals surface area (Å²) >= 11 is 4.48. The second-order valence-electron chi connectivity index (χ2n) is 4.79. The third kappa shape index (κ3) is 3.11. The van der Waals surface area contributed by atoms with Crippen LogP contribution in [0.25, 0.3) is 0 Å². The van der Waals surface area contributed by atoms with Crippen LogP contribution in [-0.2, 0) is 19.9 Å². The van der Waals surface area contributed by atoms with Gasteiger partial charge in [0, 0.05) is 12.6 Å². The molecule has 2 rings (SSSR count). The van der Waals surface area contributed by atoms with Crippen molar-refractivity contribution in [3.63, 3.8) is 0 Å². The van der Waals surface area contributed by atoms with E-state index >= 15 is 0 Å².